The smallest absolute Gasteiger partial charge is 0.0423 e. The lowest BCUT2D eigenvalue weighted by molar-refractivity contribution is 0.446. The van der Waals surface area contributed by atoms with Crippen LogP contribution in [0.25, 0.3) is 0 Å². The molecule has 0 radical (unpaired) electrons. The molecule has 0 aliphatic carbocycles. The van der Waals surface area contributed by atoms with Crippen molar-refractivity contribution in [3.05, 3.63) is 35.9 Å². The van der Waals surface area contributed by atoms with Crippen LogP contribution in [0.2, 0.25) is 0 Å². The molecule has 0 amide bonds. The van der Waals surface area contributed by atoms with Gasteiger partial charge in [0, 0.05) is 4.83 Å². The van der Waals surface area contributed by atoms with Crippen LogP contribution < -0.4 is 0 Å². The molecule has 1 aromatic rings. The molecule has 0 spiro atoms. The Morgan fingerprint density at radius 2 is 1.80 bits per heavy atom. The van der Waals surface area contributed by atoms with E-state index in [2.05, 4.69) is 60.1 Å². The molecule has 0 heterocycles. The molecule has 0 aliphatic rings. The summed E-state index contributed by atoms with van der Waals surface area (Å²) in [4.78, 5) is 0.523. The number of benzene rings is 1. The van der Waals surface area contributed by atoms with Gasteiger partial charge in [-0.3, -0.25) is 0 Å². The van der Waals surface area contributed by atoms with E-state index in [4.69, 9.17) is 0 Å². The van der Waals surface area contributed by atoms with Gasteiger partial charge < -0.3 is 0 Å². The second-order valence-corrected chi connectivity index (χ2v) is 5.11. The molecule has 0 aliphatic heterocycles. The summed E-state index contributed by atoms with van der Waals surface area (Å²) in [6, 6.07) is 10.8. The minimum absolute atomic E-state index is 0.523. The highest BCUT2D eigenvalue weighted by molar-refractivity contribution is 9.09. The van der Waals surface area contributed by atoms with E-state index in [-0.39, 0.29) is 0 Å². The molecular weight excluding hydrogens is 248 g/mol. The predicted molar refractivity (Wildman–Crippen MR) is 71.4 cm³/mol. The van der Waals surface area contributed by atoms with Gasteiger partial charge in [-0.15, -0.1) is 0 Å². The Labute approximate surface area is 102 Å². The molecule has 1 rings (SSSR count). The maximum Gasteiger partial charge on any atom is 0.0423 e. The minimum Gasteiger partial charge on any atom is -0.0836 e. The summed E-state index contributed by atoms with van der Waals surface area (Å²) in [7, 11) is 0. The first-order chi connectivity index (χ1) is 7.29. The Morgan fingerprint density at radius 3 is 2.33 bits per heavy atom. The van der Waals surface area contributed by atoms with Crippen LogP contribution in [-0.2, 0) is 0 Å². The molecule has 0 nitrogen and oxygen atoms in total. The van der Waals surface area contributed by atoms with Crippen molar-refractivity contribution >= 4 is 15.9 Å². The van der Waals surface area contributed by atoms with Crippen molar-refractivity contribution in [1.29, 1.82) is 0 Å². The fourth-order valence-corrected chi connectivity index (χ4v) is 2.88. The number of alkyl halides is 1. The van der Waals surface area contributed by atoms with E-state index in [0.717, 1.165) is 5.92 Å². The van der Waals surface area contributed by atoms with E-state index in [1.165, 1.54) is 31.2 Å². The van der Waals surface area contributed by atoms with Crippen molar-refractivity contribution in [1.82, 2.24) is 0 Å². The molecule has 84 valence electrons. The highest BCUT2D eigenvalue weighted by Gasteiger charge is 2.17. The molecule has 1 aromatic carbocycles. The average molecular weight is 269 g/mol. The van der Waals surface area contributed by atoms with Gasteiger partial charge in [-0.25, -0.2) is 0 Å². The monoisotopic (exact) mass is 268 g/mol. The maximum absolute atomic E-state index is 3.84. The maximum atomic E-state index is 3.84. The lowest BCUT2D eigenvalue weighted by atomic mass is 9.92. The zero-order valence-corrected chi connectivity index (χ0v) is 11.3. The zero-order chi connectivity index (χ0) is 11.1. The molecule has 0 saturated carbocycles. The van der Waals surface area contributed by atoms with Gasteiger partial charge in [0.25, 0.3) is 0 Å². The fourth-order valence-electron chi connectivity index (χ4n) is 1.93. The highest BCUT2D eigenvalue weighted by atomic mass is 79.9. The Bertz CT molecular complexity index is 255. The van der Waals surface area contributed by atoms with Gasteiger partial charge in [0.1, 0.15) is 0 Å². The number of halogens is 1. The molecular formula is C14H21Br. The van der Waals surface area contributed by atoms with Crippen molar-refractivity contribution in [2.45, 2.75) is 44.4 Å². The quantitative estimate of drug-likeness (QED) is 0.611. The minimum atomic E-state index is 0.523. The number of unbranched alkanes of at least 4 members (excludes halogenated alkanes) is 1. The molecule has 2 unspecified atom stereocenters. The Hall–Kier alpha value is -0.300. The highest BCUT2D eigenvalue weighted by Crippen LogP contribution is 2.35. The zero-order valence-electron chi connectivity index (χ0n) is 9.75. The molecule has 0 fully saturated rings. The van der Waals surface area contributed by atoms with Crippen LogP contribution in [0, 0.1) is 5.92 Å². The third kappa shape index (κ3) is 3.98. The topological polar surface area (TPSA) is 0 Å². The van der Waals surface area contributed by atoms with E-state index in [1.54, 1.807) is 0 Å². The first-order valence-electron chi connectivity index (χ1n) is 5.98. The van der Waals surface area contributed by atoms with E-state index >= 15 is 0 Å². The first kappa shape index (κ1) is 12.8. The molecule has 1 heteroatoms. The van der Waals surface area contributed by atoms with Crippen molar-refractivity contribution in [2.75, 3.05) is 0 Å². The van der Waals surface area contributed by atoms with Crippen LogP contribution in [0.4, 0.5) is 0 Å². The van der Waals surface area contributed by atoms with Crippen LogP contribution in [0.1, 0.15) is 49.9 Å². The summed E-state index contributed by atoms with van der Waals surface area (Å²) in [5.41, 5.74) is 1.42. The third-order valence-corrected chi connectivity index (χ3v) is 4.26. The van der Waals surface area contributed by atoms with Crippen molar-refractivity contribution < 1.29 is 0 Å². The number of hydrogen-bond donors (Lipinski definition) is 0. The SMILES string of the molecule is CCCCC(CC)C(Br)c1ccccc1. The second-order valence-electron chi connectivity index (χ2n) is 4.12. The second kappa shape index (κ2) is 7.05. The summed E-state index contributed by atoms with van der Waals surface area (Å²) >= 11 is 3.84. The van der Waals surface area contributed by atoms with E-state index in [9.17, 15) is 0 Å². The van der Waals surface area contributed by atoms with Crippen molar-refractivity contribution in [3.8, 4) is 0 Å². The van der Waals surface area contributed by atoms with E-state index < -0.39 is 0 Å². The Balaban J connectivity index is 2.60. The van der Waals surface area contributed by atoms with Crippen LogP contribution in [-0.4, -0.2) is 0 Å². The van der Waals surface area contributed by atoms with Crippen molar-refractivity contribution in [3.63, 3.8) is 0 Å². The Kier molecular flexibility index (Phi) is 6.00. The first-order valence-corrected chi connectivity index (χ1v) is 6.90. The van der Waals surface area contributed by atoms with Gasteiger partial charge in [-0.2, -0.15) is 0 Å². The predicted octanol–water partition coefficient (Wildman–Crippen LogP) is 5.34. The summed E-state index contributed by atoms with van der Waals surface area (Å²) in [5, 5.41) is 0. The fraction of sp³-hybridized carbons (Fsp3) is 0.571. The van der Waals surface area contributed by atoms with Crippen molar-refractivity contribution in [2.24, 2.45) is 5.92 Å². The largest absolute Gasteiger partial charge is 0.0836 e. The molecule has 0 N–H and O–H groups in total. The Morgan fingerprint density at radius 1 is 1.13 bits per heavy atom. The third-order valence-electron chi connectivity index (χ3n) is 2.98. The van der Waals surface area contributed by atoms with Gasteiger partial charge in [-0.1, -0.05) is 79.4 Å². The van der Waals surface area contributed by atoms with Gasteiger partial charge in [0.2, 0.25) is 0 Å². The molecule has 0 aromatic heterocycles. The van der Waals surface area contributed by atoms with Gasteiger partial charge in [-0.05, 0) is 17.9 Å². The molecule has 15 heavy (non-hydrogen) atoms. The van der Waals surface area contributed by atoms with Crippen LogP contribution in [0.15, 0.2) is 30.3 Å². The summed E-state index contributed by atoms with van der Waals surface area (Å²) in [6.07, 6.45) is 5.22. The van der Waals surface area contributed by atoms with Gasteiger partial charge in [0.15, 0.2) is 0 Å². The summed E-state index contributed by atoms with van der Waals surface area (Å²) in [6.45, 7) is 4.55. The van der Waals surface area contributed by atoms with Crippen LogP contribution in [0.5, 0.6) is 0 Å². The van der Waals surface area contributed by atoms with Gasteiger partial charge in [0.05, 0.1) is 0 Å². The molecule has 0 saturated heterocycles. The van der Waals surface area contributed by atoms with Gasteiger partial charge >= 0.3 is 0 Å². The van der Waals surface area contributed by atoms with E-state index in [0.29, 0.717) is 4.83 Å². The van der Waals surface area contributed by atoms with Crippen LogP contribution in [0.3, 0.4) is 0 Å². The standard InChI is InChI=1S/C14H21Br/c1-3-5-9-12(4-2)14(15)13-10-7-6-8-11-13/h6-8,10-12,14H,3-5,9H2,1-2H3. The lowest BCUT2D eigenvalue weighted by Gasteiger charge is -2.21. The van der Waals surface area contributed by atoms with E-state index in [1.807, 2.05) is 0 Å². The summed E-state index contributed by atoms with van der Waals surface area (Å²) < 4.78 is 0. The lowest BCUT2D eigenvalue weighted by Crippen LogP contribution is -2.06. The molecule has 2 atom stereocenters. The normalized spacial score (nSPS) is 14.9. The average Bonchev–Trinajstić information content (AvgIpc) is 2.31. The number of rotatable bonds is 6. The van der Waals surface area contributed by atoms with Crippen LogP contribution >= 0.6 is 15.9 Å². The number of hydrogen-bond acceptors (Lipinski definition) is 0. The summed E-state index contributed by atoms with van der Waals surface area (Å²) in [5.74, 6) is 0.771. The molecule has 0 bridgehead atoms.